The van der Waals surface area contributed by atoms with E-state index < -0.39 is 18.5 Å². The smallest absolute Gasteiger partial charge is 0.332 e. The minimum Gasteiger partial charge on any atom is -0.479 e. The highest BCUT2D eigenvalue weighted by molar-refractivity contribution is 5.86. The van der Waals surface area contributed by atoms with E-state index in [9.17, 15) is 9.59 Å². The molecule has 5 nitrogen and oxygen atoms in total. The summed E-state index contributed by atoms with van der Waals surface area (Å²) in [5.41, 5.74) is 1.93. The zero-order valence-electron chi connectivity index (χ0n) is 7.19. The second-order valence-corrected chi connectivity index (χ2v) is 2.03. The molecule has 13 heavy (non-hydrogen) atoms. The number of carbonyl (C=O) groups excluding carboxylic acids is 1. The first kappa shape index (κ1) is 11.4. The monoisotopic (exact) mass is 185 g/mol. The van der Waals surface area contributed by atoms with Crippen molar-refractivity contribution >= 4 is 11.9 Å². The van der Waals surface area contributed by atoms with Gasteiger partial charge in [0.25, 0.3) is 5.91 Å². The predicted octanol–water partition coefficient (Wildman–Crippen LogP) is 0.251. The normalized spacial score (nSPS) is 10.8. The lowest BCUT2D eigenvalue weighted by Gasteiger charge is -1.98. The standard InChI is InChI=1S/C8H11NO4/c1-2-3-4-5-7(10)9-13-6-8(11)12/h2-5H,6H2,1H3,(H,9,10)(H,11,12). The van der Waals surface area contributed by atoms with Gasteiger partial charge in [0.2, 0.25) is 0 Å². The fraction of sp³-hybridized carbons (Fsp3) is 0.250. The van der Waals surface area contributed by atoms with Crippen LogP contribution >= 0.6 is 0 Å². The summed E-state index contributed by atoms with van der Waals surface area (Å²) in [6.07, 6.45) is 6.15. The van der Waals surface area contributed by atoms with E-state index in [1.807, 2.05) is 12.4 Å². The third-order valence-corrected chi connectivity index (χ3v) is 0.920. The number of aliphatic carboxylic acids is 1. The number of amides is 1. The van der Waals surface area contributed by atoms with E-state index in [1.165, 1.54) is 12.2 Å². The van der Waals surface area contributed by atoms with Crippen LogP contribution in [0.25, 0.3) is 0 Å². The quantitative estimate of drug-likeness (QED) is 0.365. The van der Waals surface area contributed by atoms with E-state index in [2.05, 4.69) is 4.84 Å². The fourth-order valence-corrected chi connectivity index (χ4v) is 0.457. The molecule has 0 aliphatic rings. The second kappa shape index (κ2) is 7.05. The first-order chi connectivity index (χ1) is 6.16. The van der Waals surface area contributed by atoms with Crippen LogP contribution in [-0.4, -0.2) is 23.6 Å². The molecule has 0 heterocycles. The van der Waals surface area contributed by atoms with E-state index in [0.29, 0.717) is 0 Å². The van der Waals surface area contributed by atoms with Gasteiger partial charge in [-0.15, -0.1) is 0 Å². The number of carboxylic acids is 1. The zero-order valence-corrected chi connectivity index (χ0v) is 7.19. The Morgan fingerprint density at radius 2 is 2.15 bits per heavy atom. The molecule has 0 atom stereocenters. The molecule has 1 amide bonds. The third-order valence-electron chi connectivity index (χ3n) is 0.920. The molecule has 72 valence electrons. The van der Waals surface area contributed by atoms with Crippen LogP contribution in [0.3, 0.4) is 0 Å². The van der Waals surface area contributed by atoms with Gasteiger partial charge in [0.15, 0.2) is 6.61 Å². The van der Waals surface area contributed by atoms with E-state index in [0.717, 1.165) is 0 Å². The highest BCUT2D eigenvalue weighted by Gasteiger charge is 1.97. The molecule has 0 spiro atoms. The number of carboxylic acid groups (broad SMARTS) is 1. The molecule has 0 aliphatic carbocycles. The fourth-order valence-electron chi connectivity index (χ4n) is 0.457. The van der Waals surface area contributed by atoms with Crippen LogP contribution < -0.4 is 5.48 Å². The molecule has 2 N–H and O–H groups in total. The van der Waals surface area contributed by atoms with Crippen molar-refractivity contribution in [3.63, 3.8) is 0 Å². The highest BCUT2D eigenvalue weighted by Crippen LogP contribution is 1.77. The van der Waals surface area contributed by atoms with Gasteiger partial charge >= 0.3 is 5.97 Å². The maximum absolute atomic E-state index is 10.7. The van der Waals surface area contributed by atoms with Crippen molar-refractivity contribution in [2.24, 2.45) is 0 Å². The Hall–Kier alpha value is -1.62. The van der Waals surface area contributed by atoms with Crippen molar-refractivity contribution in [3.05, 3.63) is 24.3 Å². The summed E-state index contributed by atoms with van der Waals surface area (Å²) in [6, 6.07) is 0. The van der Waals surface area contributed by atoms with E-state index in [4.69, 9.17) is 5.11 Å². The molecule has 0 unspecified atom stereocenters. The Balaban J connectivity index is 3.57. The summed E-state index contributed by atoms with van der Waals surface area (Å²) in [5.74, 6) is -1.64. The number of hydrogen-bond acceptors (Lipinski definition) is 3. The van der Waals surface area contributed by atoms with Gasteiger partial charge in [-0.25, -0.2) is 10.3 Å². The molecule has 0 aliphatic heterocycles. The summed E-state index contributed by atoms with van der Waals surface area (Å²) >= 11 is 0. The van der Waals surface area contributed by atoms with E-state index >= 15 is 0 Å². The van der Waals surface area contributed by atoms with Crippen molar-refractivity contribution in [1.29, 1.82) is 0 Å². The van der Waals surface area contributed by atoms with Crippen LogP contribution in [0.1, 0.15) is 6.92 Å². The lowest BCUT2D eigenvalue weighted by molar-refractivity contribution is -0.147. The molecule has 0 saturated heterocycles. The summed E-state index contributed by atoms with van der Waals surface area (Å²) < 4.78 is 0. The van der Waals surface area contributed by atoms with Crippen molar-refractivity contribution in [2.75, 3.05) is 6.61 Å². The zero-order chi connectivity index (χ0) is 10.1. The number of allylic oxidation sites excluding steroid dienone is 3. The molecule has 0 aromatic carbocycles. The van der Waals surface area contributed by atoms with Crippen LogP contribution in [0.15, 0.2) is 24.3 Å². The minimum atomic E-state index is -1.14. The van der Waals surface area contributed by atoms with Crippen molar-refractivity contribution in [3.8, 4) is 0 Å². The Labute approximate surface area is 75.6 Å². The Bertz CT molecular complexity index is 232. The molecule has 0 fully saturated rings. The average Bonchev–Trinajstić information content (AvgIpc) is 2.04. The first-order valence-corrected chi connectivity index (χ1v) is 3.59. The van der Waals surface area contributed by atoms with Gasteiger partial charge in [-0.3, -0.25) is 9.63 Å². The first-order valence-electron chi connectivity index (χ1n) is 3.59. The number of hydroxylamine groups is 1. The van der Waals surface area contributed by atoms with Crippen LogP contribution in [0.4, 0.5) is 0 Å². The maximum Gasteiger partial charge on any atom is 0.332 e. The van der Waals surface area contributed by atoms with Gasteiger partial charge in [0.05, 0.1) is 0 Å². The number of carbonyl (C=O) groups is 2. The number of nitrogens with one attached hydrogen (secondary N) is 1. The van der Waals surface area contributed by atoms with Crippen molar-refractivity contribution in [2.45, 2.75) is 6.92 Å². The van der Waals surface area contributed by atoms with Crippen LogP contribution in [0, 0.1) is 0 Å². The molecular weight excluding hydrogens is 174 g/mol. The molecular formula is C8H11NO4. The largest absolute Gasteiger partial charge is 0.479 e. The molecule has 5 heteroatoms. The second-order valence-electron chi connectivity index (χ2n) is 2.03. The van der Waals surface area contributed by atoms with Gasteiger partial charge in [-0.05, 0) is 6.92 Å². The predicted molar refractivity (Wildman–Crippen MR) is 45.7 cm³/mol. The molecule has 0 radical (unpaired) electrons. The summed E-state index contributed by atoms with van der Waals surface area (Å²) in [5, 5.41) is 8.14. The molecule has 0 rings (SSSR count). The topological polar surface area (TPSA) is 75.6 Å². The minimum absolute atomic E-state index is 0.501. The molecule has 0 aromatic rings. The maximum atomic E-state index is 10.7. The van der Waals surface area contributed by atoms with Gasteiger partial charge in [0.1, 0.15) is 0 Å². The highest BCUT2D eigenvalue weighted by atomic mass is 16.7. The van der Waals surface area contributed by atoms with Gasteiger partial charge in [-0.1, -0.05) is 18.2 Å². The summed E-state index contributed by atoms with van der Waals surface area (Å²) in [4.78, 5) is 25.0. The van der Waals surface area contributed by atoms with E-state index in [-0.39, 0.29) is 0 Å². The van der Waals surface area contributed by atoms with Crippen LogP contribution in [0.5, 0.6) is 0 Å². The van der Waals surface area contributed by atoms with Crippen LogP contribution in [-0.2, 0) is 14.4 Å². The van der Waals surface area contributed by atoms with E-state index in [1.54, 1.807) is 12.2 Å². The van der Waals surface area contributed by atoms with Gasteiger partial charge < -0.3 is 5.11 Å². The van der Waals surface area contributed by atoms with Crippen molar-refractivity contribution in [1.82, 2.24) is 5.48 Å². The van der Waals surface area contributed by atoms with Gasteiger partial charge in [0, 0.05) is 6.08 Å². The Kier molecular flexibility index (Phi) is 6.17. The SMILES string of the molecule is CC=CC=CC(=O)NOCC(=O)O. The lowest BCUT2D eigenvalue weighted by atomic mass is 10.4. The molecule has 0 saturated carbocycles. The van der Waals surface area contributed by atoms with Gasteiger partial charge in [-0.2, -0.15) is 0 Å². The Morgan fingerprint density at radius 1 is 1.46 bits per heavy atom. The number of hydrogen-bond donors (Lipinski definition) is 2. The molecule has 0 bridgehead atoms. The third kappa shape index (κ3) is 8.28. The number of rotatable bonds is 5. The lowest BCUT2D eigenvalue weighted by Crippen LogP contribution is -2.24. The summed E-state index contributed by atoms with van der Waals surface area (Å²) in [7, 11) is 0. The summed E-state index contributed by atoms with van der Waals surface area (Å²) in [6.45, 7) is 1.26. The average molecular weight is 185 g/mol. The van der Waals surface area contributed by atoms with Crippen LogP contribution in [0.2, 0.25) is 0 Å². The Morgan fingerprint density at radius 3 is 2.69 bits per heavy atom. The van der Waals surface area contributed by atoms with Crippen molar-refractivity contribution < 1.29 is 19.5 Å². The molecule has 0 aromatic heterocycles.